The van der Waals surface area contributed by atoms with Crippen LogP contribution in [0.2, 0.25) is 0 Å². The molecule has 0 aliphatic rings. The molecule has 0 heterocycles. The molecule has 0 fully saturated rings. The molecule has 0 radical (unpaired) electrons. The van der Waals surface area contributed by atoms with Crippen molar-refractivity contribution in [1.29, 1.82) is 0 Å². The lowest BCUT2D eigenvalue weighted by atomic mass is 9.97. The van der Waals surface area contributed by atoms with Crippen LogP contribution in [0.1, 0.15) is 37.0 Å². The minimum absolute atomic E-state index is 0.561. The zero-order valence-corrected chi connectivity index (χ0v) is 11.8. The molecule has 0 saturated heterocycles. The maximum Gasteiger partial charge on any atom is 0.122 e. The molecule has 0 aliphatic carbocycles. The van der Waals surface area contributed by atoms with Gasteiger partial charge in [-0.1, -0.05) is 13.0 Å². The van der Waals surface area contributed by atoms with Gasteiger partial charge in [-0.2, -0.15) is 0 Å². The third-order valence-electron chi connectivity index (χ3n) is 3.30. The van der Waals surface area contributed by atoms with Crippen LogP contribution in [-0.2, 0) is 6.42 Å². The molecular weight excluding hydrogens is 210 g/mol. The van der Waals surface area contributed by atoms with E-state index in [2.05, 4.69) is 38.2 Å². The van der Waals surface area contributed by atoms with Crippen molar-refractivity contribution >= 4 is 0 Å². The number of nitrogens with one attached hydrogen (secondary N) is 1. The first-order chi connectivity index (χ1) is 8.12. The molecule has 0 amide bonds. The Labute approximate surface area is 105 Å². The van der Waals surface area contributed by atoms with E-state index in [0.29, 0.717) is 6.04 Å². The summed E-state index contributed by atoms with van der Waals surface area (Å²) in [6.45, 7) is 9.26. The van der Waals surface area contributed by atoms with Crippen molar-refractivity contribution in [1.82, 2.24) is 5.32 Å². The number of hydrogen-bond acceptors (Lipinski definition) is 2. The molecule has 0 spiro atoms. The molecule has 0 saturated carbocycles. The predicted molar refractivity (Wildman–Crippen MR) is 73.9 cm³/mol. The van der Waals surface area contributed by atoms with E-state index >= 15 is 0 Å². The average Bonchev–Trinajstić information content (AvgIpc) is 2.32. The standard InChI is InChI=1S/C15H25NO/c1-6-14(16-5)10-13-8-12(4)15(17-7-2)9-11(13)3/h8-9,14,16H,6-7,10H2,1-5H3. The van der Waals surface area contributed by atoms with Crippen LogP contribution < -0.4 is 10.1 Å². The van der Waals surface area contributed by atoms with Crippen molar-refractivity contribution in [3.05, 3.63) is 28.8 Å². The van der Waals surface area contributed by atoms with Gasteiger partial charge >= 0.3 is 0 Å². The first-order valence-electron chi connectivity index (χ1n) is 6.52. The molecule has 0 bridgehead atoms. The van der Waals surface area contributed by atoms with Gasteiger partial charge in [0.25, 0.3) is 0 Å². The summed E-state index contributed by atoms with van der Waals surface area (Å²) < 4.78 is 5.61. The third-order valence-corrected chi connectivity index (χ3v) is 3.30. The van der Waals surface area contributed by atoms with Crippen molar-refractivity contribution in [2.75, 3.05) is 13.7 Å². The Morgan fingerprint density at radius 1 is 1.18 bits per heavy atom. The summed E-state index contributed by atoms with van der Waals surface area (Å²) in [6.07, 6.45) is 2.24. The maximum absolute atomic E-state index is 5.61. The first-order valence-corrected chi connectivity index (χ1v) is 6.52. The summed E-state index contributed by atoms with van der Waals surface area (Å²) in [6, 6.07) is 4.99. The van der Waals surface area contributed by atoms with Crippen molar-refractivity contribution in [2.45, 2.75) is 46.6 Å². The van der Waals surface area contributed by atoms with Crippen LogP contribution in [-0.4, -0.2) is 19.7 Å². The summed E-state index contributed by atoms with van der Waals surface area (Å²) in [5, 5.41) is 3.36. The quantitative estimate of drug-likeness (QED) is 0.817. The Morgan fingerprint density at radius 3 is 2.41 bits per heavy atom. The number of ether oxygens (including phenoxy) is 1. The van der Waals surface area contributed by atoms with E-state index in [4.69, 9.17) is 4.74 Å². The zero-order valence-electron chi connectivity index (χ0n) is 11.8. The minimum atomic E-state index is 0.561. The van der Waals surface area contributed by atoms with Gasteiger partial charge in [0.15, 0.2) is 0 Å². The van der Waals surface area contributed by atoms with Gasteiger partial charge in [-0.05, 0) is 63.4 Å². The molecular formula is C15H25NO. The smallest absolute Gasteiger partial charge is 0.122 e. The molecule has 0 aromatic heterocycles. The number of rotatable bonds is 6. The lowest BCUT2D eigenvalue weighted by Crippen LogP contribution is -2.26. The van der Waals surface area contributed by atoms with E-state index in [0.717, 1.165) is 25.2 Å². The van der Waals surface area contributed by atoms with Gasteiger partial charge in [0, 0.05) is 6.04 Å². The third kappa shape index (κ3) is 3.74. The summed E-state index contributed by atoms with van der Waals surface area (Å²) in [5.74, 6) is 1.02. The highest BCUT2D eigenvalue weighted by Crippen LogP contribution is 2.24. The molecule has 0 aliphatic heterocycles. The number of hydrogen-bond donors (Lipinski definition) is 1. The summed E-state index contributed by atoms with van der Waals surface area (Å²) in [7, 11) is 2.03. The first kappa shape index (κ1) is 14.0. The second-order valence-corrected chi connectivity index (χ2v) is 4.58. The largest absolute Gasteiger partial charge is 0.494 e. The Kier molecular flexibility index (Phi) is 5.49. The average molecular weight is 235 g/mol. The fraction of sp³-hybridized carbons (Fsp3) is 0.600. The van der Waals surface area contributed by atoms with Crippen LogP contribution in [0.3, 0.4) is 0 Å². The molecule has 2 heteroatoms. The van der Waals surface area contributed by atoms with E-state index in [9.17, 15) is 0 Å². The summed E-state index contributed by atoms with van der Waals surface area (Å²) in [4.78, 5) is 0. The van der Waals surface area contributed by atoms with Gasteiger partial charge in [0.2, 0.25) is 0 Å². The SMILES string of the molecule is CCOc1cc(C)c(CC(CC)NC)cc1C. The van der Waals surface area contributed by atoms with Gasteiger partial charge < -0.3 is 10.1 Å². The normalized spacial score (nSPS) is 12.5. The minimum Gasteiger partial charge on any atom is -0.494 e. The number of benzene rings is 1. The predicted octanol–water partition coefficient (Wildman–Crippen LogP) is 3.24. The molecule has 1 N–H and O–H groups in total. The molecule has 2 nitrogen and oxygen atoms in total. The van der Waals surface area contributed by atoms with Crippen molar-refractivity contribution in [3.63, 3.8) is 0 Å². The van der Waals surface area contributed by atoms with Gasteiger partial charge in [-0.3, -0.25) is 0 Å². The second kappa shape index (κ2) is 6.65. The topological polar surface area (TPSA) is 21.3 Å². The molecule has 17 heavy (non-hydrogen) atoms. The van der Waals surface area contributed by atoms with Crippen LogP contribution in [0.25, 0.3) is 0 Å². The van der Waals surface area contributed by atoms with Crippen LogP contribution in [0.5, 0.6) is 5.75 Å². The van der Waals surface area contributed by atoms with E-state index in [-0.39, 0.29) is 0 Å². The summed E-state index contributed by atoms with van der Waals surface area (Å²) in [5.41, 5.74) is 3.98. The highest BCUT2D eigenvalue weighted by Gasteiger charge is 2.09. The van der Waals surface area contributed by atoms with E-state index in [1.807, 2.05) is 14.0 Å². The molecule has 1 unspecified atom stereocenters. The highest BCUT2D eigenvalue weighted by molar-refractivity contribution is 5.41. The van der Waals surface area contributed by atoms with E-state index in [1.54, 1.807) is 0 Å². The van der Waals surface area contributed by atoms with Crippen molar-refractivity contribution < 1.29 is 4.74 Å². The lowest BCUT2D eigenvalue weighted by molar-refractivity contribution is 0.337. The Morgan fingerprint density at radius 2 is 1.88 bits per heavy atom. The van der Waals surface area contributed by atoms with Crippen molar-refractivity contribution in [2.24, 2.45) is 0 Å². The summed E-state index contributed by atoms with van der Waals surface area (Å²) >= 11 is 0. The van der Waals surface area contributed by atoms with Crippen LogP contribution in [0.4, 0.5) is 0 Å². The van der Waals surface area contributed by atoms with E-state index < -0.39 is 0 Å². The van der Waals surface area contributed by atoms with Gasteiger partial charge in [0.05, 0.1) is 6.61 Å². The van der Waals surface area contributed by atoms with Gasteiger partial charge in [0.1, 0.15) is 5.75 Å². The fourth-order valence-corrected chi connectivity index (χ4v) is 2.10. The van der Waals surface area contributed by atoms with Crippen LogP contribution in [0, 0.1) is 13.8 Å². The monoisotopic (exact) mass is 235 g/mol. The van der Waals surface area contributed by atoms with Gasteiger partial charge in [-0.25, -0.2) is 0 Å². The van der Waals surface area contributed by atoms with Crippen molar-refractivity contribution in [3.8, 4) is 5.75 Å². The Balaban J connectivity index is 2.90. The molecule has 1 aromatic carbocycles. The lowest BCUT2D eigenvalue weighted by Gasteiger charge is -2.17. The highest BCUT2D eigenvalue weighted by atomic mass is 16.5. The van der Waals surface area contributed by atoms with Crippen LogP contribution in [0.15, 0.2) is 12.1 Å². The molecule has 1 rings (SSSR count). The van der Waals surface area contributed by atoms with Crippen LogP contribution >= 0.6 is 0 Å². The maximum atomic E-state index is 5.61. The molecule has 1 aromatic rings. The fourth-order valence-electron chi connectivity index (χ4n) is 2.10. The zero-order chi connectivity index (χ0) is 12.8. The Hall–Kier alpha value is -1.02. The number of aryl methyl sites for hydroxylation is 2. The number of likely N-dealkylation sites (N-methyl/N-ethyl adjacent to an activating group) is 1. The van der Waals surface area contributed by atoms with Gasteiger partial charge in [-0.15, -0.1) is 0 Å². The Bertz CT molecular complexity index is 356. The second-order valence-electron chi connectivity index (χ2n) is 4.58. The molecule has 96 valence electrons. The van der Waals surface area contributed by atoms with E-state index in [1.165, 1.54) is 16.7 Å². The molecule has 1 atom stereocenters.